The molecule has 0 spiro atoms. The lowest BCUT2D eigenvalue weighted by Gasteiger charge is -2.13. The SMILES string of the molecule is Cc1cc(C(=O)N[C@@H](C)c2ccccc2)c(C)o1. The van der Waals surface area contributed by atoms with Crippen LogP contribution in [0.1, 0.15) is 40.4 Å². The van der Waals surface area contributed by atoms with E-state index < -0.39 is 0 Å². The summed E-state index contributed by atoms with van der Waals surface area (Å²) in [5, 5.41) is 2.97. The highest BCUT2D eigenvalue weighted by atomic mass is 16.3. The van der Waals surface area contributed by atoms with Crippen molar-refractivity contribution in [2.75, 3.05) is 0 Å². The summed E-state index contributed by atoms with van der Waals surface area (Å²) in [4.78, 5) is 12.1. The summed E-state index contributed by atoms with van der Waals surface area (Å²) in [6, 6.07) is 11.6. The van der Waals surface area contributed by atoms with Crippen molar-refractivity contribution in [3.05, 3.63) is 59.0 Å². The minimum atomic E-state index is -0.0966. The van der Waals surface area contributed by atoms with E-state index in [1.165, 1.54) is 0 Å². The van der Waals surface area contributed by atoms with Crippen molar-refractivity contribution in [2.24, 2.45) is 0 Å². The molecule has 0 radical (unpaired) electrons. The summed E-state index contributed by atoms with van der Waals surface area (Å²) in [5.74, 6) is 1.32. The van der Waals surface area contributed by atoms with Crippen LogP contribution in [-0.2, 0) is 0 Å². The molecular formula is C15H17NO2. The van der Waals surface area contributed by atoms with Crippen molar-refractivity contribution in [2.45, 2.75) is 26.8 Å². The van der Waals surface area contributed by atoms with Crippen molar-refractivity contribution in [1.29, 1.82) is 0 Å². The first-order chi connectivity index (χ1) is 8.58. The van der Waals surface area contributed by atoms with Crippen LogP contribution in [0.25, 0.3) is 0 Å². The molecule has 3 nitrogen and oxygen atoms in total. The summed E-state index contributed by atoms with van der Waals surface area (Å²) in [6.07, 6.45) is 0. The van der Waals surface area contributed by atoms with Crippen LogP contribution < -0.4 is 5.32 Å². The Kier molecular flexibility index (Phi) is 3.51. The summed E-state index contributed by atoms with van der Waals surface area (Å²) in [5.41, 5.74) is 1.69. The second kappa shape index (κ2) is 5.08. The lowest BCUT2D eigenvalue weighted by molar-refractivity contribution is 0.0938. The molecule has 1 aromatic heterocycles. The van der Waals surface area contributed by atoms with Gasteiger partial charge in [-0.3, -0.25) is 4.79 Å². The Balaban J connectivity index is 2.10. The van der Waals surface area contributed by atoms with E-state index in [-0.39, 0.29) is 11.9 Å². The van der Waals surface area contributed by atoms with Crippen LogP contribution in [0.4, 0.5) is 0 Å². The summed E-state index contributed by atoms with van der Waals surface area (Å²) < 4.78 is 5.36. The molecule has 1 aromatic carbocycles. The van der Waals surface area contributed by atoms with Gasteiger partial charge in [-0.25, -0.2) is 0 Å². The predicted octanol–water partition coefficient (Wildman–Crippen LogP) is 3.39. The van der Waals surface area contributed by atoms with E-state index in [2.05, 4.69) is 5.32 Å². The first-order valence-corrected chi connectivity index (χ1v) is 6.01. The van der Waals surface area contributed by atoms with E-state index in [9.17, 15) is 4.79 Å². The standard InChI is InChI=1S/C15H17NO2/c1-10-9-14(12(3)18-10)15(17)16-11(2)13-7-5-4-6-8-13/h4-9,11H,1-3H3,(H,16,17)/t11-/m0/s1. The van der Waals surface area contributed by atoms with E-state index in [0.717, 1.165) is 11.3 Å². The predicted molar refractivity (Wildman–Crippen MR) is 70.5 cm³/mol. The van der Waals surface area contributed by atoms with Gasteiger partial charge < -0.3 is 9.73 Å². The van der Waals surface area contributed by atoms with Gasteiger partial charge in [-0.2, -0.15) is 0 Å². The molecular weight excluding hydrogens is 226 g/mol. The van der Waals surface area contributed by atoms with Crippen molar-refractivity contribution in [3.63, 3.8) is 0 Å². The number of aryl methyl sites for hydroxylation is 2. The van der Waals surface area contributed by atoms with Crippen LogP contribution >= 0.6 is 0 Å². The van der Waals surface area contributed by atoms with Gasteiger partial charge >= 0.3 is 0 Å². The smallest absolute Gasteiger partial charge is 0.255 e. The third-order valence-corrected chi connectivity index (χ3v) is 2.93. The molecule has 18 heavy (non-hydrogen) atoms. The maximum absolute atomic E-state index is 12.1. The Labute approximate surface area is 107 Å². The van der Waals surface area contributed by atoms with E-state index in [0.29, 0.717) is 11.3 Å². The van der Waals surface area contributed by atoms with Gasteiger partial charge in [-0.15, -0.1) is 0 Å². The molecule has 0 unspecified atom stereocenters. The summed E-state index contributed by atoms with van der Waals surface area (Å²) in [7, 11) is 0. The summed E-state index contributed by atoms with van der Waals surface area (Å²) in [6.45, 7) is 5.61. The molecule has 0 saturated heterocycles. The van der Waals surface area contributed by atoms with E-state index in [4.69, 9.17) is 4.42 Å². The zero-order valence-electron chi connectivity index (χ0n) is 10.9. The zero-order chi connectivity index (χ0) is 13.1. The van der Waals surface area contributed by atoms with E-state index in [1.807, 2.05) is 44.2 Å². The molecule has 94 valence electrons. The Hall–Kier alpha value is -2.03. The minimum Gasteiger partial charge on any atom is -0.466 e. The fourth-order valence-electron chi connectivity index (χ4n) is 1.96. The first kappa shape index (κ1) is 12.4. The topological polar surface area (TPSA) is 42.2 Å². The maximum Gasteiger partial charge on any atom is 0.255 e. The van der Waals surface area contributed by atoms with E-state index >= 15 is 0 Å². The highest BCUT2D eigenvalue weighted by Gasteiger charge is 2.16. The first-order valence-electron chi connectivity index (χ1n) is 6.01. The number of benzene rings is 1. The molecule has 0 aliphatic rings. The Morgan fingerprint density at radius 3 is 2.44 bits per heavy atom. The molecule has 2 aromatic rings. The molecule has 1 N–H and O–H groups in total. The normalized spacial score (nSPS) is 12.2. The number of carbonyl (C=O) groups excluding carboxylic acids is 1. The average Bonchev–Trinajstić information content (AvgIpc) is 2.69. The lowest BCUT2D eigenvalue weighted by Crippen LogP contribution is -2.26. The van der Waals surface area contributed by atoms with Crippen molar-refractivity contribution >= 4 is 5.91 Å². The van der Waals surface area contributed by atoms with Gasteiger partial charge in [0.2, 0.25) is 0 Å². The number of hydrogen-bond acceptors (Lipinski definition) is 2. The van der Waals surface area contributed by atoms with Crippen LogP contribution in [0, 0.1) is 13.8 Å². The Bertz CT molecular complexity index is 543. The second-order valence-corrected chi connectivity index (χ2v) is 4.43. The van der Waals surface area contributed by atoms with Crippen LogP contribution in [-0.4, -0.2) is 5.91 Å². The van der Waals surface area contributed by atoms with Gasteiger partial charge in [0.15, 0.2) is 0 Å². The number of nitrogens with one attached hydrogen (secondary N) is 1. The summed E-state index contributed by atoms with van der Waals surface area (Å²) >= 11 is 0. The Morgan fingerprint density at radius 1 is 1.22 bits per heavy atom. The molecule has 2 rings (SSSR count). The van der Waals surface area contributed by atoms with E-state index in [1.54, 1.807) is 13.0 Å². The largest absolute Gasteiger partial charge is 0.466 e. The quantitative estimate of drug-likeness (QED) is 0.897. The fraction of sp³-hybridized carbons (Fsp3) is 0.267. The van der Waals surface area contributed by atoms with Crippen molar-refractivity contribution in [1.82, 2.24) is 5.32 Å². The minimum absolute atomic E-state index is 0.0201. The lowest BCUT2D eigenvalue weighted by atomic mass is 10.1. The van der Waals surface area contributed by atoms with Crippen molar-refractivity contribution < 1.29 is 9.21 Å². The van der Waals surface area contributed by atoms with Gasteiger partial charge in [0.25, 0.3) is 5.91 Å². The van der Waals surface area contributed by atoms with Crippen LogP contribution in [0.3, 0.4) is 0 Å². The second-order valence-electron chi connectivity index (χ2n) is 4.43. The molecule has 3 heteroatoms. The molecule has 0 fully saturated rings. The van der Waals surface area contributed by atoms with Gasteiger partial charge in [0.05, 0.1) is 11.6 Å². The molecule has 0 aliphatic carbocycles. The number of hydrogen-bond donors (Lipinski definition) is 1. The fourth-order valence-corrected chi connectivity index (χ4v) is 1.96. The van der Waals surface area contributed by atoms with Gasteiger partial charge in [-0.1, -0.05) is 30.3 Å². The van der Waals surface area contributed by atoms with Gasteiger partial charge in [0, 0.05) is 0 Å². The molecule has 1 atom stereocenters. The Morgan fingerprint density at radius 2 is 1.89 bits per heavy atom. The van der Waals surface area contributed by atoms with Crippen LogP contribution in [0.5, 0.6) is 0 Å². The number of carbonyl (C=O) groups is 1. The van der Waals surface area contributed by atoms with Crippen molar-refractivity contribution in [3.8, 4) is 0 Å². The zero-order valence-corrected chi connectivity index (χ0v) is 10.9. The van der Waals surface area contributed by atoms with Gasteiger partial charge in [0.1, 0.15) is 11.5 Å². The number of furan rings is 1. The van der Waals surface area contributed by atoms with Crippen LogP contribution in [0.2, 0.25) is 0 Å². The maximum atomic E-state index is 12.1. The number of amides is 1. The molecule has 0 saturated carbocycles. The molecule has 1 heterocycles. The number of rotatable bonds is 3. The monoisotopic (exact) mass is 243 g/mol. The highest BCUT2D eigenvalue weighted by molar-refractivity contribution is 5.95. The highest BCUT2D eigenvalue weighted by Crippen LogP contribution is 2.16. The third-order valence-electron chi connectivity index (χ3n) is 2.93. The van der Waals surface area contributed by atoms with Crippen LogP contribution in [0.15, 0.2) is 40.8 Å². The third kappa shape index (κ3) is 2.62. The molecule has 0 bridgehead atoms. The molecule has 1 amide bonds. The average molecular weight is 243 g/mol. The molecule has 0 aliphatic heterocycles. The van der Waals surface area contributed by atoms with Gasteiger partial charge in [-0.05, 0) is 32.4 Å².